The largest absolute Gasteiger partial charge is 0.416 e. The quantitative estimate of drug-likeness (QED) is 0.375. The fourth-order valence-electron chi connectivity index (χ4n) is 1.47. The lowest BCUT2D eigenvalue weighted by Crippen LogP contribution is -2.09. The molecule has 2 rings (SSSR count). The van der Waals surface area contributed by atoms with Gasteiger partial charge in [0.1, 0.15) is 0 Å². The zero-order chi connectivity index (χ0) is 13.8. The fourth-order valence-corrected chi connectivity index (χ4v) is 1.87. The lowest BCUT2D eigenvalue weighted by molar-refractivity contribution is -0.385. The van der Waals surface area contributed by atoms with Crippen LogP contribution in [-0.2, 0) is 0 Å². The number of para-hydroxylation sites is 2. The molecule has 0 atom stereocenters. The zero-order valence-electron chi connectivity index (χ0n) is 9.58. The number of rotatable bonds is 3. The number of hydrogen-bond acceptors (Lipinski definition) is 4. The maximum atomic E-state index is 11.9. The molecular formula is C13H8BrNO4. The summed E-state index contributed by atoms with van der Waals surface area (Å²) >= 11 is 3.24. The first-order valence-corrected chi connectivity index (χ1v) is 6.08. The Labute approximate surface area is 117 Å². The molecule has 0 amide bonds. The Morgan fingerprint density at radius 3 is 2.58 bits per heavy atom. The Bertz CT molecular complexity index is 642. The van der Waals surface area contributed by atoms with Crippen LogP contribution in [0.1, 0.15) is 10.4 Å². The van der Waals surface area contributed by atoms with Gasteiger partial charge in [-0.2, -0.15) is 0 Å². The summed E-state index contributed by atoms with van der Waals surface area (Å²) in [6.07, 6.45) is 0. The molecule has 0 aliphatic rings. The third kappa shape index (κ3) is 3.17. The third-order valence-electron chi connectivity index (χ3n) is 2.32. The minimum atomic E-state index is -0.643. The number of hydrogen-bond donors (Lipinski definition) is 0. The fraction of sp³-hybridized carbons (Fsp3) is 0. The summed E-state index contributed by atoms with van der Waals surface area (Å²) in [5.41, 5.74) is 0.0679. The molecule has 0 radical (unpaired) electrons. The Morgan fingerprint density at radius 2 is 1.89 bits per heavy atom. The second-order valence-electron chi connectivity index (χ2n) is 3.62. The molecule has 5 nitrogen and oxygen atoms in total. The van der Waals surface area contributed by atoms with E-state index in [1.54, 1.807) is 30.3 Å². The predicted octanol–water partition coefficient (Wildman–Crippen LogP) is 3.58. The first kappa shape index (κ1) is 13.2. The molecule has 0 saturated heterocycles. The van der Waals surface area contributed by atoms with E-state index in [1.807, 2.05) is 0 Å². The van der Waals surface area contributed by atoms with Gasteiger partial charge >= 0.3 is 11.7 Å². The number of ether oxygens (including phenoxy) is 1. The molecule has 0 spiro atoms. The van der Waals surface area contributed by atoms with Crippen molar-refractivity contribution in [3.8, 4) is 5.75 Å². The molecule has 6 heteroatoms. The van der Waals surface area contributed by atoms with Gasteiger partial charge in [0.25, 0.3) is 0 Å². The smallest absolute Gasteiger partial charge is 0.343 e. The highest BCUT2D eigenvalue weighted by Gasteiger charge is 2.17. The van der Waals surface area contributed by atoms with Crippen LogP contribution in [0.3, 0.4) is 0 Å². The van der Waals surface area contributed by atoms with Gasteiger partial charge < -0.3 is 4.74 Å². The number of benzene rings is 2. The van der Waals surface area contributed by atoms with E-state index in [0.29, 0.717) is 5.56 Å². The van der Waals surface area contributed by atoms with Gasteiger partial charge in [-0.15, -0.1) is 0 Å². The highest BCUT2D eigenvalue weighted by molar-refractivity contribution is 9.10. The van der Waals surface area contributed by atoms with Crippen molar-refractivity contribution in [2.75, 3.05) is 0 Å². The van der Waals surface area contributed by atoms with Crippen molar-refractivity contribution >= 4 is 27.6 Å². The van der Waals surface area contributed by atoms with Crippen molar-refractivity contribution in [3.05, 3.63) is 68.7 Å². The van der Waals surface area contributed by atoms with Crippen LogP contribution in [-0.4, -0.2) is 10.9 Å². The van der Waals surface area contributed by atoms with Gasteiger partial charge in [0, 0.05) is 10.5 Å². The van der Waals surface area contributed by atoms with Crippen LogP contribution >= 0.6 is 15.9 Å². The Morgan fingerprint density at radius 1 is 1.16 bits per heavy atom. The molecule has 19 heavy (non-hydrogen) atoms. The van der Waals surface area contributed by atoms with Crippen LogP contribution in [0.2, 0.25) is 0 Å². The maximum Gasteiger partial charge on any atom is 0.343 e. The van der Waals surface area contributed by atoms with E-state index in [2.05, 4.69) is 15.9 Å². The van der Waals surface area contributed by atoms with Gasteiger partial charge in [-0.25, -0.2) is 4.79 Å². The molecule has 0 bridgehead atoms. The van der Waals surface area contributed by atoms with E-state index in [1.165, 1.54) is 18.2 Å². The summed E-state index contributed by atoms with van der Waals surface area (Å²) in [4.78, 5) is 22.1. The number of halogens is 1. The molecule has 0 fully saturated rings. The van der Waals surface area contributed by atoms with Crippen molar-refractivity contribution in [2.24, 2.45) is 0 Å². The summed E-state index contributed by atoms with van der Waals surface area (Å²) in [5.74, 6) is -0.715. The molecule has 0 heterocycles. The van der Waals surface area contributed by atoms with Crippen LogP contribution in [0, 0.1) is 10.1 Å². The third-order valence-corrected chi connectivity index (χ3v) is 2.82. The second-order valence-corrected chi connectivity index (χ2v) is 4.54. The van der Waals surface area contributed by atoms with Crippen molar-refractivity contribution in [2.45, 2.75) is 0 Å². The Balaban J connectivity index is 2.27. The zero-order valence-corrected chi connectivity index (χ0v) is 11.2. The topological polar surface area (TPSA) is 69.4 Å². The maximum absolute atomic E-state index is 11.9. The highest BCUT2D eigenvalue weighted by Crippen LogP contribution is 2.26. The van der Waals surface area contributed by atoms with Crippen LogP contribution in [0.25, 0.3) is 0 Å². The van der Waals surface area contributed by atoms with Crippen LogP contribution in [0.4, 0.5) is 5.69 Å². The van der Waals surface area contributed by atoms with Crippen molar-refractivity contribution < 1.29 is 14.5 Å². The van der Waals surface area contributed by atoms with E-state index < -0.39 is 10.9 Å². The van der Waals surface area contributed by atoms with E-state index in [9.17, 15) is 14.9 Å². The summed E-state index contributed by atoms with van der Waals surface area (Å²) in [6, 6.07) is 12.3. The van der Waals surface area contributed by atoms with E-state index in [0.717, 1.165) is 4.47 Å². The van der Waals surface area contributed by atoms with Gasteiger partial charge in [-0.3, -0.25) is 10.1 Å². The lowest BCUT2D eigenvalue weighted by atomic mass is 10.2. The SMILES string of the molecule is O=C(Oc1ccccc1[N+](=O)[O-])c1cccc(Br)c1. The molecule has 0 unspecified atom stereocenters. The normalized spacial score (nSPS) is 9.95. The highest BCUT2D eigenvalue weighted by atomic mass is 79.9. The molecule has 0 saturated carbocycles. The summed E-state index contributed by atoms with van der Waals surface area (Å²) in [6.45, 7) is 0. The average molecular weight is 322 g/mol. The van der Waals surface area contributed by atoms with Gasteiger partial charge in [-0.05, 0) is 24.3 Å². The lowest BCUT2D eigenvalue weighted by Gasteiger charge is -2.05. The van der Waals surface area contributed by atoms with Gasteiger partial charge in [0.2, 0.25) is 5.75 Å². The molecule has 0 N–H and O–H groups in total. The number of carbonyl (C=O) groups excluding carboxylic acids is 1. The molecule has 2 aromatic rings. The van der Waals surface area contributed by atoms with Crippen molar-refractivity contribution in [1.29, 1.82) is 0 Å². The monoisotopic (exact) mass is 321 g/mol. The first-order valence-electron chi connectivity index (χ1n) is 5.29. The number of nitro benzene ring substituents is 1. The van der Waals surface area contributed by atoms with Crippen molar-refractivity contribution in [3.63, 3.8) is 0 Å². The van der Waals surface area contributed by atoms with Crippen LogP contribution in [0.5, 0.6) is 5.75 Å². The summed E-state index contributed by atoms with van der Waals surface area (Å²) in [5, 5.41) is 10.8. The van der Waals surface area contributed by atoms with Gasteiger partial charge in [0.05, 0.1) is 10.5 Å². The van der Waals surface area contributed by atoms with E-state index in [4.69, 9.17) is 4.74 Å². The summed E-state index contributed by atoms with van der Waals surface area (Å²) < 4.78 is 5.77. The van der Waals surface area contributed by atoms with Gasteiger partial charge in [0.15, 0.2) is 0 Å². The Hall–Kier alpha value is -2.21. The van der Waals surface area contributed by atoms with Crippen molar-refractivity contribution in [1.82, 2.24) is 0 Å². The second kappa shape index (κ2) is 5.62. The first-order chi connectivity index (χ1) is 9.08. The van der Waals surface area contributed by atoms with Crippen LogP contribution < -0.4 is 4.74 Å². The standard InChI is InChI=1S/C13H8BrNO4/c14-10-5-3-4-9(8-10)13(16)19-12-7-2-1-6-11(12)15(17)18/h1-8H. The predicted molar refractivity (Wildman–Crippen MR) is 72.2 cm³/mol. The molecule has 96 valence electrons. The molecule has 0 aromatic heterocycles. The van der Waals surface area contributed by atoms with E-state index >= 15 is 0 Å². The number of nitro groups is 1. The minimum Gasteiger partial charge on any atom is -0.416 e. The number of esters is 1. The number of carbonyl (C=O) groups is 1. The molecular weight excluding hydrogens is 314 g/mol. The van der Waals surface area contributed by atoms with Gasteiger partial charge in [-0.1, -0.05) is 34.1 Å². The van der Waals surface area contributed by atoms with Crippen LogP contribution in [0.15, 0.2) is 53.0 Å². The minimum absolute atomic E-state index is 0.0718. The average Bonchev–Trinajstić information content (AvgIpc) is 2.39. The number of nitrogens with zero attached hydrogens (tertiary/aromatic N) is 1. The Kier molecular flexibility index (Phi) is 3.91. The van der Waals surface area contributed by atoms with E-state index in [-0.39, 0.29) is 11.4 Å². The molecule has 0 aliphatic carbocycles. The molecule has 2 aromatic carbocycles. The summed E-state index contributed by atoms with van der Waals surface area (Å²) in [7, 11) is 0. The molecule has 0 aliphatic heterocycles.